The van der Waals surface area contributed by atoms with Gasteiger partial charge < -0.3 is 9.47 Å². The Bertz CT molecular complexity index is 967. The SMILES string of the molecule is CCOc1ccc(C(=O)COC(=O)CCNS(=O)(=O)c2ccc(C)c(C)c2)cc1. The summed E-state index contributed by atoms with van der Waals surface area (Å²) in [6.45, 7) is 5.58. The van der Waals surface area contributed by atoms with E-state index in [-0.39, 0.29) is 23.6 Å². The molecule has 0 amide bonds. The Morgan fingerprint density at radius 3 is 2.31 bits per heavy atom. The summed E-state index contributed by atoms with van der Waals surface area (Å²) in [6.07, 6.45) is -0.180. The second kappa shape index (κ2) is 10.2. The van der Waals surface area contributed by atoms with E-state index in [9.17, 15) is 18.0 Å². The topological polar surface area (TPSA) is 98.8 Å². The Hall–Kier alpha value is -2.71. The molecule has 0 aliphatic rings. The minimum absolute atomic E-state index is 0.120. The quantitative estimate of drug-likeness (QED) is 0.470. The molecule has 2 rings (SSSR count). The lowest BCUT2D eigenvalue weighted by Crippen LogP contribution is -2.27. The largest absolute Gasteiger partial charge is 0.494 e. The number of sulfonamides is 1. The van der Waals surface area contributed by atoms with Gasteiger partial charge in [-0.3, -0.25) is 9.59 Å². The van der Waals surface area contributed by atoms with E-state index in [0.717, 1.165) is 11.1 Å². The molecule has 0 unspecified atom stereocenters. The Balaban J connectivity index is 1.79. The zero-order chi connectivity index (χ0) is 21.4. The van der Waals surface area contributed by atoms with Crippen molar-refractivity contribution >= 4 is 21.8 Å². The number of benzene rings is 2. The van der Waals surface area contributed by atoms with Crippen LogP contribution in [-0.2, 0) is 19.6 Å². The molecule has 8 heteroatoms. The average molecular weight is 419 g/mol. The number of esters is 1. The highest BCUT2D eigenvalue weighted by Gasteiger charge is 2.16. The second-order valence-corrected chi connectivity index (χ2v) is 8.20. The number of aryl methyl sites for hydroxylation is 2. The monoisotopic (exact) mass is 419 g/mol. The number of rotatable bonds is 10. The Morgan fingerprint density at radius 1 is 1.00 bits per heavy atom. The van der Waals surface area contributed by atoms with Crippen molar-refractivity contribution in [3.63, 3.8) is 0 Å². The highest BCUT2D eigenvalue weighted by molar-refractivity contribution is 7.89. The summed E-state index contributed by atoms with van der Waals surface area (Å²) in [4.78, 5) is 24.0. The van der Waals surface area contributed by atoms with Gasteiger partial charge in [-0.25, -0.2) is 13.1 Å². The number of hydrogen-bond acceptors (Lipinski definition) is 6. The van der Waals surface area contributed by atoms with Crippen LogP contribution < -0.4 is 9.46 Å². The molecule has 0 aliphatic heterocycles. The molecule has 0 spiro atoms. The van der Waals surface area contributed by atoms with Crippen LogP contribution in [0.25, 0.3) is 0 Å². The first kappa shape index (κ1) is 22.6. The summed E-state index contributed by atoms with van der Waals surface area (Å²) in [5, 5.41) is 0. The Morgan fingerprint density at radius 2 is 1.69 bits per heavy atom. The molecule has 0 atom stereocenters. The summed E-state index contributed by atoms with van der Waals surface area (Å²) in [6, 6.07) is 11.3. The van der Waals surface area contributed by atoms with E-state index in [4.69, 9.17) is 9.47 Å². The van der Waals surface area contributed by atoms with Crippen LogP contribution >= 0.6 is 0 Å². The highest BCUT2D eigenvalue weighted by atomic mass is 32.2. The molecule has 0 aromatic heterocycles. The number of ketones is 1. The van der Waals surface area contributed by atoms with Crippen molar-refractivity contribution in [2.75, 3.05) is 19.8 Å². The minimum Gasteiger partial charge on any atom is -0.494 e. The second-order valence-electron chi connectivity index (χ2n) is 6.44. The van der Waals surface area contributed by atoms with Crippen molar-refractivity contribution in [1.29, 1.82) is 0 Å². The first-order chi connectivity index (χ1) is 13.7. The summed E-state index contributed by atoms with van der Waals surface area (Å²) in [5.74, 6) is -0.360. The summed E-state index contributed by atoms with van der Waals surface area (Å²) < 4.78 is 37.2. The van der Waals surface area contributed by atoms with E-state index in [1.165, 1.54) is 6.07 Å². The van der Waals surface area contributed by atoms with E-state index >= 15 is 0 Å². The molecule has 1 N–H and O–H groups in total. The Kier molecular flexibility index (Phi) is 7.92. The van der Waals surface area contributed by atoms with E-state index in [1.807, 2.05) is 20.8 Å². The van der Waals surface area contributed by atoms with Gasteiger partial charge in [0.15, 0.2) is 12.4 Å². The summed E-state index contributed by atoms with van der Waals surface area (Å²) >= 11 is 0. The van der Waals surface area contributed by atoms with Gasteiger partial charge >= 0.3 is 5.97 Å². The van der Waals surface area contributed by atoms with Crippen LogP contribution in [-0.4, -0.2) is 39.9 Å². The van der Waals surface area contributed by atoms with Gasteiger partial charge in [0.25, 0.3) is 0 Å². The fraction of sp³-hybridized carbons (Fsp3) is 0.333. The third kappa shape index (κ3) is 6.69. The fourth-order valence-electron chi connectivity index (χ4n) is 2.46. The van der Waals surface area contributed by atoms with Crippen molar-refractivity contribution in [3.8, 4) is 5.75 Å². The van der Waals surface area contributed by atoms with Crippen LogP contribution in [0, 0.1) is 13.8 Å². The number of nitrogens with one attached hydrogen (secondary N) is 1. The molecule has 0 radical (unpaired) electrons. The predicted octanol–water partition coefficient (Wildman–Crippen LogP) is 2.80. The molecule has 0 saturated heterocycles. The molecule has 0 fully saturated rings. The van der Waals surface area contributed by atoms with Crippen molar-refractivity contribution in [3.05, 3.63) is 59.2 Å². The molecular formula is C21H25NO6S. The van der Waals surface area contributed by atoms with Crippen LogP contribution in [0.2, 0.25) is 0 Å². The average Bonchev–Trinajstić information content (AvgIpc) is 2.69. The fourth-order valence-corrected chi connectivity index (χ4v) is 3.57. The maximum atomic E-state index is 12.3. The molecule has 29 heavy (non-hydrogen) atoms. The van der Waals surface area contributed by atoms with Gasteiger partial charge in [-0.2, -0.15) is 0 Å². The Labute approximate surface area is 171 Å². The first-order valence-electron chi connectivity index (χ1n) is 9.21. The van der Waals surface area contributed by atoms with Crippen LogP contribution in [0.3, 0.4) is 0 Å². The standard InChI is InChI=1S/C21H25NO6S/c1-4-27-18-8-6-17(7-9-18)20(23)14-28-21(24)11-12-22-29(25,26)19-10-5-15(2)16(3)13-19/h5-10,13,22H,4,11-12,14H2,1-3H3. The molecule has 0 bridgehead atoms. The molecule has 156 valence electrons. The third-order valence-corrected chi connectivity index (χ3v) is 5.72. The van der Waals surface area contributed by atoms with Crippen LogP contribution in [0.15, 0.2) is 47.4 Å². The van der Waals surface area contributed by atoms with Gasteiger partial charge in [-0.1, -0.05) is 6.07 Å². The summed E-state index contributed by atoms with van der Waals surface area (Å²) in [7, 11) is -3.71. The van der Waals surface area contributed by atoms with Crippen molar-refractivity contribution < 1.29 is 27.5 Å². The lowest BCUT2D eigenvalue weighted by Gasteiger charge is -2.09. The molecule has 0 saturated carbocycles. The lowest BCUT2D eigenvalue weighted by atomic mass is 10.1. The maximum absolute atomic E-state index is 12.3. The van der Waals surface area contributed by atoms with E-state index in [0.29, 0.717) is 17.9 Å². The number of Topliss-reactive ketones (excluding diaryl/α,β-unsaturated/α-hetero) is 1. The van der Waals surface area contributed by atoms with Crippen LogP contribution in [0.4, 0.5) is 0 Å². The van der Waals surface area contributed by atoms with Gasteiger partial charge in [0.05, 0.1) is 17.9 Å². The van der Waals surface area contributed by atoms with Crippen molar-refractivity contribution in [1.82, 2.24) is 4.72 Å². The number of carbonyl (C=O) groups is 2. The third-order valence-electron chi connectivity index (χ3n) is 4.26. The molecule has 2 aromatic carbocycles. The zero-order valence-electron chi connectivity index (χ0n) is 16.7. The maximum Gasteiger partial charge on any atom is 0.307 e. The number of ether oxygens (including phenoxy) is 2. The lowest BCUT2D eigenvalue weighted by molar-refractivity contribution is -0.142. The molecule has 0 heterocycles. The van der Waals surface area contributed by atoms with Gasteiger partial charge in [-0.15, -0.1) is 0 Å². The van der Waals surface area contributed by atoms with Crippen LogP contribution in [0.5, 0.6) is 5.75 Å². The number of carbonyl (C=O) groups excluding carboxylic acids is 2. The van der Waals surface area contributed by atoms with Crippen molar-refractivity contribution in [2.24, 2.45) is 0 Å². The molecule has 2 aromatic rings. The van der Waals surface area contributed by atoms with Gasteiger partial charge in [0, 0.05) is 12.1 Å². The summed E-state index contributed by atoms with van der Waals surface area (Å²) in [5.41, 5.74) is 2.25. The smallest absolute Gasteiger partial charge is 0.307 e. The van der Waals surface area contributed by atoms with Gasteiger partial charge in [-0.05, 0) is 68.3 Å². The molecule has 0 aliphatic carbocycles. The number of hydrogen-bond donors (Lipinski definition) is 1. The van der Waals surface area contributed by atoms with E-state index in [1.54, 1.807) is 36.4 Å². The van der Waals surface area contributed by atoms with E-state index < -0.39 is 22.6 Å². The minimum atomic E-state index is -3.71. The van der Waals surface area contributed by atoms with Crippen LogP contribution in [0.1, 0.15) is 34.8 Å². The first-order valence-corrected chi connectivity index (χ1v) is 10.7. The normalized spacial score (nSPS) is 11.1. The van der Waals surface area contributed by atoms with Gasteiger partial charge in [0.2, 0.25) is 10.0 Å². The van der Waals surface area contributed by atoms with E-state index in [2.05, 4.69) is 4.72 Å². The predicted molar refractivity (Wildman–Crippen MR) is 109 cm³/mol. The molecular weight excluding hydrogens is 394 g/mol. The highest BCUT2D eigenvalue weighted by Crippen LogP contribution is 2.15. The molecule has 7 nitrogen and oxygen atoms in total. The van der Waals surface area contributed by atoms with Crippen molar-refractivity contribution in [2.45, 2.75) is 32.1 Å². The van der Waals surface area contributed by atoms with Gasteiger partial charge in [0.1, 0.15) is 5.75 Å². The zero-order valence-corrected chi connectivity index (χ0v) is 17.5.